The second kappa shape index (κ2) is 16.6. The summed E-state index contributed by atoms with van der Waals surface area (Å²) in [5.74, 6) is 9.47. The quantitative estimate of drug-likeness (QED) is 0.364. The molecule has 106 valence electrons. The van der Waals surface area contributed by atoms with Crippen LogP contribution in [0.25, 0.3) is 0 Å². The highest BCUT2D eigenvalue weighted by atomic mass is 14.0. The van der Waals surface area contributed by atoms with Crippen LogP contribution in [0.5, 0.6) is 0 Å². The van der Waals surface area contributed by atoms with Gasteiger partial charge in [0.25, 0.3) is 0 Å². The maximum Gasteiger partial charge on any atom is 0.0148 e. The Morgan fingerprint density at radius 2 is 1.33 bits per heavy atom. The van der Waals surface area contributed by atoms with Gasteiger partial charge in [0.05, 0.1) is 0 Å². The third-order valence-electron chi connectivity index (χ3n) is 2.38. The molecule has 0 N–H and O–H groups in total. The standard InChI is InChI=1S/C14H25.C4H9/c1-4-6-8-9-11-13-14(3)12-10-7-5-2;1-4(2)3/h4-8,10,12-13H2,1-3H3;1-3H3. The van der Waals surface area contributed by atoms with Crippen LogP contribution < -0.4 is 0 Å². The average molecular weight is 250 g/mol. The van der Waals surface area contributed by atoms with Gasteiger partial charge in [-0.15, -0.1) is 11.8 Å². The summed E-state index contributed by atoms with van der Waals surface area (Å²) in [4.78, 5) is 0. The molecule has 0 nitrogen and oxygen atoms in total. The van der Waals surface area contributed by atoms with Crippen LogP contribution in [0.1, 0.15) is 92.9 Å². The van der Waals surface area contributed by atoms with E-state index in [4.69, 9.17) is 0 Å². The Balaban J connectivity index is 0. The van der Waals surface area contributed by atoms with Gasteiger partial charge in [0.2, 0.25) is 0 Å². The average Bonchev–Trinajstić information content (AvgIpc) is 2.28. The predicted molar refractivity (Wildman–Crippen MR) is 85.2 cm³/mol. The maximum atomic E-state index is 3.26. The number of hydrogen-bond donors (Lipinski definition) is 0. The van der Waals surface area contributed by atoms with E-state index in [0.29, 0.717) is 0 Å². The minimum absolute atomic E-state index is 1.02. The summed E-state index contributed by atoms with van der Waals surface area (Å²) in [6, 6.07) is 0. The molecule has 0 aromatic heterocycles. The molecule has 0 aromatic rings. The number of hydrogen-bond acceptors (Lipinski definition) is 0. The lowest BCUT2D eigenvalue weighted by molar-refractivity contribution is 0.665. The first-order valence-corrected chi connectivity index (χ1v) is 7.58. The van der Waals surface area contributed by atoms with E-state index in [0.717, 1.165) is 12.8 Å². The van der Waals surface area contributed by atoms with Crippen molar-refractivity contribution in [2.45, 2.75) is 92.9 Å². The van der Waals surface area contributed by atoms with Crippen LogP contribution in [0, 0.1) is 23.7 Å². The van der Waals surface area contributed by atoms with E-state index in [2.05, 4.69) is 53.4 Å². The Labute approximate surface area is 117 Å². The largest absolute Gasteiger partial charge is 0.103 e. The molecular weight excluding hydrogens is 216 g/mol. The fourth-order valence-electron chi connectivity index (χ4n) is 1.33. The molecule has 0 heterocycles. The zero-order valence-electron chi connectivity index (χ0n) is 13.7. The van der Waals surface area contributed by atoms with Gasteiger partial charge in [0.15, 0.2) is 0 Å². The van der Waals surface area contributed by atoms with E-state index >= 15 is 0 Å². The molecule has 18 heavy (non-hydrogen) atoms. The SMILES string of the molecule is CCCCC#CC[C](C)CCCCC.C[C](C)C. The van der Waals surface area contributed by atoms with Gasteiger partial charge in [0.1, 0.15) is 0 Å². The maximum absolute atomic E-state index is 3.26. The molecule has 0 rings (SSSR count). The lowest BCUT2D eigenvalue weighted by atomic mass is 10.0. The highest BCUT2D eigenvalue weighted by Crippen LogP contribution is 2.14. The van der Waals surface area contributed by atoms with Crippen molar-refractivity contribution < 1.29 is 0 Å². The van der Waals surface area contributed by atoms with Crippen molar-refractivity contribution in [3.63, 3.8) is 0 Å². The zero-order valence-corrected chi connectivity index (χ0v) is 13.7. The van der Waals surface area contributed by atoms with Gasteiger partial charge in [-0.3, -0.25) is 0 Å². The van der Waals surface area contributed by atoms with Crippen molar-refractivity contribution in [2.75, 3.05) is 0 Å². The Kier molecular flexibility index (Phi) is 18.3. The highest BCUT2D eigenvalue weighted by molar-refractivity contribution is 5.06. The molecule has 0 saturated heterocycles. The molecule has 0 saturated carbocycles. The minimum Gasteiger partial charge on any atom is -0.103 e. The Bertz CT molecular complexity index is 189. The van der Waals surface area contributed by atoms with Crippen molar-refractivity contribution in [1.82, 2.24) is 0 Å². The lowest BCUT2D eigenvalue weighted by Crippen LogP contribution is -1.89. The van der Waals surface area contributed by atoms with Gasteiger partial charge in [-0.2, -0.15) is 0 Å². The van der Waals surface area contributed by atoms with Gasteiger partial charge in [0, 0.05) is 12.8 Å². The van der Waals surface area contributed by atoms with Gasteiger partial charge in [-0.1, -0.05) is 67.2 Å². The third-order valence-corrected chi connectivity index (χ3v) is 2.38. The molecule has 0 unspecified atom stereocenters. The first kappa shape index (κ1) is 19.9. The zero-order chi connectivity index (χ0) is 14.2. The van der Waals surface area contributed by atoms with E-state index in [1.54, 1.807) is 5.92 Å². The smallest absolute Gasteiger partial charge is 0.0148 e. The molecule has 0 fully saturated rings. The topological polar surface area (TPSA) is 0 Å². The highest BCUT2D eigenvalue weighted by Gasteiger charge is 1.98. The van der Waals surface area contributed by atoms with E-state index in [-0.39, 0.29) is 0 Å². The Morgan fingerprint density at radius 3 is 1.83 bits per heavy atom. The number of rotatable bonds is 7. The first-order chi connectivity index (χ1) is 8.54. The molecule has 0 heteroatoms. The van der Waals surface area contributed by atoms with Crippen LogP contribution in [-0.2, 0) is 0 Å². The van der Waals surface area contributed by atoms with E-state index in [1.807, 2.05) is 0 Å². The van der Waals surface area contributed by atoms with E-state index in [1.165, 1.54) is 44.4 Å². The van der Waals surface area contributed by atoms with Crippen LogP contribution >= 0.6 is 0 Å². The second-order valence-electron chi connectivity index (χ2n) is 5.55. The molecule has 0 aromatic carbocycles. The molecule has 2 radical (unpaired) electrons. The molecular formula is C18H34. The molecule has 0 aliphatic heterocycles. The normalized spacial score (nSPS) is 9.78. The van der Waals surface area contributed by atoms with Crippen LogP contribution in [0.3, 0.4) is 0 Å². The van der Waals surface area contributed by atoms with Crippen molar-refractivity contribution in [3.8, 4) is 11.8 Å². The summed E-state index contributed by atoms with van der Waals surface area (Å²) >= 11 is 0. The van der Waals surface area contributed by atoms with Gasteiger partial charge in [-0.05, 0) is 24.7 Å². The van der Waals surface area contributed by atoms with Crippen molar-refractivity contribution in [3.05, 3.63) is 11.8 Å². The second-order valence-corrected chi connectivity index (χ2v) is 5.55. The number of unbranched alkanes of at least 4 members (excludes halogenated alkanes) is 4. The van der Waals surface area contributed by atoms with E-state index < -0.39 is 0 Å². The summed E-state index contributed by atoms with van der Waals surface area (Å²) in [6.07, 6.45) is 9.91. The molecule has 0 amide bonds. The third kappa shape index (κ3) is 24.7. The van der Waals surface area contributed by atoms with Gasteiger partial charge >= 0.3 is 0 Å². The van der Waals surface area contributed by atoms with Crippen molar-refractivity contribution in [1.29, 1.82) is 0 Å². The predicted octanol–water partition coefficient (Wildman–Crippen LogP) is 6.37. The van der Waals surface area contributed by atoms with Crippen molar-refractivity contribution in [2.24, 2.45) is 0 Å². The fourth-order valence-corrected chi connectivity index (χ4v) is 1.33. The first-order valence-electron chi connectivity index (χ1n) is 7.58. The summed E-state index contributed by atoms with van der Waals surface area (Å²) < 4.78 is 0. The molecule has 0 aliphatic carbocycles. The van der Waals surface area contributed by atoms with Gasteiger partial charge < -0.3 is 0 Å². The van der Waals surface area contributed by atoms with Crippen molar-refractivity contribution >= 4 is 0 Å². The van der Waals surface area contributed by atoms with Crippen LogP contribution in [0.2, 0.25) is 0 Å². The van der Waals surface area contributed by atoms with Crippen LogP contribution in [0.15, 0.2) is 0 Å². The van der Waals surface area contributed by atoms with E-state index in [9.17, 15) is 0 Å². The summed E-state index contributed by atoms with van der Waals surface area (Å²) in [5, 5.41) is 0. The lowest BCUT2D eigenvalue weighted by Gasteiger charge is -2.04. The summed E-state index contributed by atoms with van der Waals surface area (Å²) in [7, 11) is 0. The molecule has 0 bridgehead atoms. The van der Waals surface area contributed by atoms with Crippen LogP contribution in [-0.4, -0.2) is 0 Å². The minimum atomic E-state index is 1.02. The monoisotopic (exact) mass is 250 g/mol. The van der Waals surface area contributed by atoms with Gasteiger partial charge in [-0.25, -0.2) is 0 Å². The molecule has 0 aliphatic rings. The van der Waals surface area contributed by atoms with Crippen LogP contribution in [0.4, 0.5) is 0 Å². The fraction of sp³-hybridized carbons (Fsp3) is 0.778. The summed E-state index contributed by atoms with van der Waals surface area (Å²) in [6.45, 7) is 13.0. The Hall–Kier alpha value is -0.440. The molecule has 0 spiro atoms. The molecule has 0 atom stereocenters. The summed E-state index contributed by atoms with van der Waals surface area (Å²) in [5.41, 5.74) is 0. The Morgan fingerprint density at radius 1 is 0.778 bits per heavy atom.